The van der Waals surface area contributed by atoms with Gasteiger partial charge in [-0.05, 0) is 43.7 Å². The van der Waals surface area contributed by atoms with Crippen LogP contribution in [0.5, 0.6) is 5.75 Å². The normalized spacial score (nSPS) is 10.9. The number of aromatic nitrogens is 1. The number of aromatic hydroxyl groups is 1. The van der Waals surface area contributed by atoms with E-state index in [9.17, 15) is 28.6 Å². The highest BCUT2D eigenvalue weighted by molar-refractivity contribution is 5.94. The molecule has 4 N–H and O–H groups in total. The Morgan fingerprint density at radius 1 is 1.07 bits per heavy atom. The molecule has 28 heavy (non-hydrogen) atoms. The quantitative estimate of drug-likeness (QED) is 0.640. The molecule has 0 aliphatic rings. The molecule has 3 aromatic rings. The summed E-state index contributed by atoms with van der Waals surface area (Å²) in [5.41, 5.74) is 5.19. The molecule has 144 valence electrons. The first-order valence-electron chi connectivity index (χ1n) is 8.17. The third-order valence-corrected chi connectivity index (χ3v) is 4.52. The first kappa shape index (κ1) is 19.1. The van der Waals surface area contributed by atoms with Crippen LogP contribution >= 0.6 is 0 Å². The summed E-state index contributed by atoms with van der Waals surface area (Å²) in [6.45, 7) is 3.19. The fraction of sp³-hybridized carbons (Fsp3) is 0.100. The molecule has 3 rings (SSSR count). The second-order valence-corrected chi connectivity index (χ2v) is 6.30. The molecule has 0 spiro atoms. The summed E-state index contributed by atoms with van der Waals surface area (Å²) in [6.07, 6.45) is 0. The zero-order valence-electron chi connectivity index (χ0n) is 15.0. The van der Waals surface area contributed by atoms with Gasteiger partial charge in [-0.3, -0.25) is 9.36 Å². The lowest BCUT2D eigenvalue weighted by Crippen LogP contribution is -2.27. The number of pyridine rings is 1. The van der Waals surface area contributed by atoms with E-state index in [1.165, 1.54) is 19.1 Å². The maximum absolute atomic E-state index is 14.3. The van der Waals surface area contributed by atoms with Gasteiger partial charge in [-0.2, -0.15) is 0 Å². The molecule has 2 aromatic carbocycles. The smallest absolute Gasteiger partial charge is 0.339 e. The molecule has 0 saturated carbocycles. The lowest BCUT2D eigenvalue weighted by molar-refractivity contribution is 0.0697. The third-order valence-electron chi connectivity index (χ3n) is 4.52. The van der Waals surface area contributed by atoms with Crippen molar-refractivity contribution in [2.45, 2.75) is 13.8 Å². The number of nitrogens with two attached hydrogens (primary N) is 1. The largest absolute Gasteiger partial charge is 0.508 e. The summed E-state index contributed by atoms with van der Waals surface area (Å²) in [5, 5.41) is 19.5. The predicted molar refractivity (Wildman–Crippen MR) is 99.9 cm³/mol. The first-order valence-corrected chi connectivity index (χ1v) is 8.17. The van der Waals surface area contributed by atoms with Crippen LogP contribution in [0.2, 0.25) is 0 Å². The summed E-state index contributed by atoms with van der Waals surface area (Å²) < 4.78 is 28.5. The van der Waals surface area contributed by atoms with Crippen LogP contribution < -0.4 is 11.3 Å². The Morgan fingerprint density at radius 3 is 2.36 bits per heavy atom. The standard InChI is InChI=1S/C20H16F2N2O4/c1-9-3-6-16(25)10(2)17(9)24-18(23)14(20(27)28)8-13(19(24)26)12-5-4-11(21)7-15(12)22/h3-8,25H,23H2,1-2H3,(H,27,28). The van der Waals surface area contributed by atoms with Crippen molar-refractivity contribution in [1.29, 1.82) is 0 Å². The highest BCUT2D eigenvalue weighted by Crippen LogP contribution is 2.30. The predicted octanol–water partition coefficient (Wildman–Crippen LogP) is 3.39. The van der Waals surface area contributed by atoms with Gasteiger partial charge in [-0.15, -0.1) is 0 Å². The van der Waals surface area contributed by atoms with Crippen molar-refractivity contribution in [3.63, 3.8) is 0 Å². The van der Waals surface area contributed by atoms with Crippen LogP contribution in [0.1, 0.15) is 21.5 Å². The molecule has 1 aromatic heterocycles. The van der Waals surface area contributed by atoms with Gasteiger partial charge in [0.1, 0.15) is 28.8 Å². The van der Waals surface area contributed by atoms with Gasteiger partial charge in [-0.25, -0.2) is 13.6 Å². The number of benzene rings is 2. The second kappa shape index (κ2) is 6.80. The highest BCUT2D eigenvalue weighted by atomic mass is 19.1. The van der Waals surface area contributed by atoms with E-state index in [4.69, 9.17) is 5.73 Å². The minimum absolute atomic E-state index is 0.123. The Kier molecular flexibility index (Phi) is 4.64. The van der Waals surface area contributed by atoms with Gasteiger partial charge in [0.2, 0.25) is 0 Å². The van der Waals surface area contributed by atoms with E-state index in [2.05, 4.69) is 0 Å². The Morgan fingerprint density at radius 2 is 1.75 bits per heavy atom. The number of carbonyl (C=O) groups is 1. The van der Waals surface area contributed by atoms with E-state index in [0.29, 0.717) is 17.2 Å². The van der Waals surface area contributed by atoms with E-state index in [0.717, 1.165) is 22.8 Å². The molecule has 0 amide bonds. The summed E-state index contributed by atoms with van der Waals surface area (Å²) in [7, 11) is 0. The van der Waals surface area contributed by atoms with Gasteiger partial charge in [-0.1, -0.05) is 6.07 Å². The summed E-state index contributed by atoms with van der Waals surface area (Å²) in [4.78, 5) is 24.8. The van der Waals surface area contributed by atoms with Crippen molar-refractivity contribution < 1.29 is 23.8 Å². The topological polar surface area (TPSA) is 106 Å². The number of nitrogens with zero attached hydrogens (tertiary/aromatic N) is 1. The van der Waals surface area contributed by atoms with Crippen LogP contribution in [-0.2, 0) is 0 Å². The number of aryl methyl sites for hydroxylation is 1. The SMILES string of the molecule is Cc1ccc(O)c(C)c1-n1c(N)c(C(=O)O)cc(-c2ccc(F)cc2F)c1=O. The summed E-state index contributed by atoms with van der Waals surface area (Å²) >= 11 is 0. The Labute approximate surface area is 158 Å². The van der Waals surface area contributed by atoms with Crippen molar-refractivity contribution in [2.75, 3.05) is 5.73 Å². The number of nitrogen functional groups attached to an aromatic ring is 1. The molecule has 0 atom stereocenters. The molecule has 0 fully saturated rings. The number of phenolic OH excluding ortho intramolecular Hbond substituents is 1. The van der Waals surface area contributed by atoms with Gasteiger partial charge in [0.05, 0.1) is 11.3 Å². The second-order valence-electron chi connectivity index (χ2n) is 6.30. The number of carboxylic acids is 1. The van der Waals surface area contributed by atoms with Crippen molar-refractivity contribution >= 4 is 11.8 Å². The molecular formula is C20H16F2N2O4. The Hall–Kier alpha value is -3.68. The molecule has 1 heterocycles. The van der Waals surface area contributed by atoms with Gasteiger partial charge in [0.25, 0.3) is 5.56 Å². The van der Waals surface area contributed by atoms with E-state index < -0.39 is 28.7 Å². The lowest BCUT2D eigenvalue weighted by Gasteiger charge is -2.19. The summed E-state index contributed by atoms with van der Waals surface area (Å²) in [6, 6.07) is 6.53. The molecule has 6 nitrogen and oxygen atoms in total. The third kappa shape index (κ3) is 2.98. The van der Waals surface area contributed by atoms with Gasteiger partial charge in [0.15, 0.2) is 0 Å². The maximum Gasteiger partial charge on any atom is 0.339 e. The van der Waals surface area contributed by atoms with Gasteiger partial charge < -0.3 is 15.9 Å². The number of hydrogen-bond donors (Lipinski definition) is 3. The monoisotopic (exact) mass is 386 g/mol. The number of rotatable bonds is 3. The van der Waals surface area contributed by atoms with Crippen LogP contribution in [0.15, 0.2) is 41.2 Å². The van der Waals surface area contributed by atoms with E-state index in [-0.39, 0.29) is 28.4 Å². The number of halogens is 2. The Bertz CT molecular complexity index is 1190. The molecule has 0 bridgehead atoms. The molecule has 8 heteroatoms. The van der Waals surface area contributed by atoms with Crippen LogP contribution in [-0.4, -0.2) is 20.7 Å². The van der Waals surface area contributed by atoms with Crippen LogP contribution in [0.4, 0.5) is 14.6 Å². The molecule has 0 unspecified atom stereocenters. The highest BCUT2D eigenvalue weighted by Gasteiger charge is 2.23. The number of hydrogen-bond acceptors (Lipinski definition) is 4. The fourth-order valence-electron chi connectivity index (χ4n) is 3.09. The maximum atomic E-state index is 14.3. The van der Waals surface area contributed by atoms with Crippen LogP contribution in [0.25, 0.3) is 16.8 Å². The molecule has 0 saturated heterocycles. The van der Waals surface area contributed by atoms with E-state index in [1.54, 1.807) is 6.92 Å². The number of carboxylic acid groups (broad SMARTS) is 1. The number of phenols is 1. The molecular weight excluding hydrogens is 370 g/mol. The molecule has 0 radical (unpaired) electrons. The molecule has 0 aliphatic heterocycles. The average molecular weight is 386 g/mol. The Balaban J connectivity index is 2.49. The van der Waals surface area contributed by atoms with E-state index >= 15 is 0 Å². The van der Waals surface area contributed by atoms with Crippen molar-refractivity contribution in [1.82, 2.24) is 4.57 Å². The average Bonchev–Trinajstić information content (AvgIpc) is 2.62. The zero-order valence-corrected chi connectivity index (χ0v) is 15.0. The minimum Gasteiger partial charge on any atom is -0.508 e. The number of aromatic carboxylic acids is 1. The van der Waals surface area contributed by atoms with Gasteiger partial charge >= 0.3 is 5.97 Å². The number of anilines is 1. The fourth-order valence-corrected chi connectivity index (χ4v) is 3.09. The lowest BCUT2D eigenvalue weighted by atomic mass is 10.0. The van der Waals surface area contributed by atoms with Crippen LogP contribution in [0, 0.1) is 25.5 Å². The van der Waals surface area contributed by atoms with Crippen molar-refractivity contribution in [2.24, 2.45) is 0 Å². The van der Waals surface area contributed by atoms with Gasteiger partial charge in [0, 0.05) is 17.2 Å². The van der Waals surface area contributed by atoms with Crippen LogP contribution in [0.3, 0.4) is 0 Å². The van der Waals surface area contributed by atoms with Crippen molar-refractivity contribution in [3.8, 4) is 22.6 Å². The van der Waals surface area contributed by atoms with E-state index in [1.807, 2.05) is 0 Å². The molecule has 0 aliphatic carbocycles. The first-order chi connectivity index (χ1) is 13.1. The zero-order chi connectivity index (χ0) is 20.7. The summed E-state index contributed by atoms with van der Waals surface area (Å²) in [5.74, 6) is -3.78. The van der Waals surface area contributed by atoms with Crippen molar-refractivity contribution in [3.05, 3.63) is 75.1 Å². The minimum atomic E-state index is -1.43.